The van der Waals surface area contributed by atoms with E-state index in [9.17, 15) is 22.8 Å². The van der Waals surface area contributed by atoms with Gasteiger partial charge in [-0.25, -0.2) is 0 Å². The molecule has 0 amide bonds. The Kier molecular flexibility index (Phi) is 6.74. The van der Waals surface area contributed by atoms with Crippen molar-refractivity contribution in [2.45, 2.75) is 36.6 Å². The highest BCUT2D eigenvalue weighted by Gasteiger charge is 2.29. The number of benzene rings is 1. The maximum atomic E-state index is 12.2. The quantitative estimate of drug-likeness (QED) is 0.429. The minimum Gasteiger partial charge on any atom is -0.466 e. The number of ketones is 1. The number of esters is 1. The molecular formula is C14H15F3O3S. The highest BCUT2D eigenvalue weighted by atomic mass is 32.2. The molecule has 116 valence electrons. The van der Waals surface area contributed by atoms with Gasteiger partial charge in [0.15, 0.2) is 5.78 Å². The Morgan fingerprint density at radius 1 is 1.14 bits per heavy atom. The van der Waals surface area contributed by atoms with Gasteiger partial charge in [-0.05, 0) is 30.3 Å². The van der Waals surface area contributed by atoms with E-state index in [1.165, 1.54) is 24.3 Å². The summed E-state index contributed by atoms with van der Waals surface area (Å²) in [6.45, 7) is 2.18. The lowest BCUT2D eigenvalue weighted by molar-refractivity contribution is -0.143. The summed E-state index contributed by atoms with van der Waals surface area (Å²) in [4.78, 5) is 23.0. The van der Waals surface area contributed by atoms with E-state index in [0.717, 1.165) is 0 Å². The number of carbonyl (C=O) groups excluding carboxylic acids is 2. The second kappa shape index (κ2) is 8.07. The predicted octanol–water partition coefficient (Wildman–Crippen LogP) is 4.21. The Hall–Kier alpha value is -1.50. The summed E-state index contributed by atoms with van der Waals surface area (Å²) in [6, 6.07) is 5.13. The number of alkyl halides is 3. The molecule has 0 heterocycles. The maximum Gasteiger partial charge on any atom is 0.446 e. The molecule has 0 aliphatic carbocycles. The monoisotopic (exact) mass is 320 g/mol. The fourth-order valence-electron chi connectivity index (χ4n) is 1.49. The van der Waals surface area contributed by atoms with E-state index in [0.29, 0.717) is 13.0 Å². The van der Waals surface area contributed by atoms with E-state index in [1.807, 2.05) is 6.92 Å². The number of Topliss-reactive ketones (excluding diaryl/α,β-unsaturated/α-hetero) is 1. The number of carbonyl (C=O) groups is 2. The van der Waals surface area contributed by atoms with Crippen molar-refractivity contribution in [2.24, 2.45) is 0 Å². The first kappa shape index (κ1) is 17.6. The molecule has 0 N–H and O–H groups in total. The standard InChI is InChI=1S/C14H15F3O3S/c1-2-9-20-13(19)8-7-12(18)10-3-5-11(6-4-10)21-14(15,16)17/h3-6H,2,7-9H2,1H3. The molecule has 1 aromatic carbocycles. The molecule has 1 rings (SSSR count). The predicted molar refractivity (Wildman–Crippen MR) is 73.2 cm³/mol. The Balaban J connectivity index is 2.50. The summed E-state index contributed by atoms with van der Waals surface area (Å²) in [7, 11) is 0. The van der Waals surface area contributed by atoms with Crippen molar-refractivity contribution in [1.82, 2.24) is 0 Å². The molecule has 0 fully saturated rings. The summed E-state index contributed by atoms with van der Waals surface area (Å²) in [5.41, 5.74) is -4.07. The first-order chi connectivity index (χ1) is 9.81. The lowest BCUT2D eigenvalue weighted by atomic mass is 10.1. The Morgan fingerprint density at radius 2 is 1.76 bits per heavy atom. The summed E-state index contributed by atoms with van der Waals surface area (Å²) in [5, 5.41) is 0. The van der Waals surface area contributed by atoms with Crippen LogP contribution in [0.5, 0.6) is 0 Å². The van der Waals surface area contributed by atoms with Gasteiger partial charge in [0.1, 0.15) is 0 Å². The normalized spacial score (nSPS) is 11.2. The van der Waals surface area contributed by atoms with Crippen LogP contribution in [0, 0.1) is 0 Å². The lowest BCUT2D eigenvalue weighted by Crippen LogP contribution is -2.08. The average Bonchev–Trinajstić information content (AvgIpc) is 2.41. The van der Waals surface area contributed by atoms with E-state index in [4.69, 9.17) is 4.74 Å². The van der Waals surface area contributed by atoms with Gasteiger partial charge in [-0.2, -0.15) is 13.2 Å². The molecule has 1 aromatic rings. The molecule has 21 heavy (non-hydrogen) atoms. The lowest BCUT2D eigenvalue weighted by Gasteiger charge is -2.06. The van der Waals surface area contributed by atoms with Gasteiger partial charge in [-0.15, -0.1) is 0 Å². The zero-order chi connectivity index (χ0) is 15.9. The summed E-state index contributed by atoms with van der Waals surface area (Å²) in [6.07, 6.45) is 0.657. The number of thioether (sulfide) groups is 1. The van der Waals surface area contributed by atoms with Crippen LogP contribution in [0.4, 0.5) is 13.2 Å². The SMILES string of the molecule is CCCOC(=O)CCC(=O)c1ccc(SC(F)(F)F)cc1. The second-order valence-electron chi connectivity index (χ2n) is 4.22. The first-order valence-electron chi connectivity index (χ1n) is 6.36. The molecule has 0 spiro atoms. The van der Waals surface area contributed by atoms with Crippen molar-refractivity contribution in [3.05, 3.63) is 29.8 Å². The van der Waals surface area contributed by atoms with Crippen molar-refractivity contribution in [1.29, 1.82) is 0 Å². The van der Waals surface area contributed by atoms with E-state index in [1.54, 1.807) is 0 Å². The van der Waals surface area contributed by atoms with E-state index in [-0.39, 0.29) is 40.8 Å². The third-order valence-electron chi connectivity index (χ3n) is 2.43. The van der Waals surface area contributed by atoms with Crippen LogP contribution < -0.4 is 0 Å². The third kappa shape index (κ3) is 7.17. The molecule has 0 aromatic heterocycles. The van der Waals surface area contributed by atoms with Gasteiger partial charge in [0.25, 0.3) is 0 Å². The summed E-state index contributed by atoms with van der Waals surface area (Å²) < 4.78 is 41.3. The zero-order valence-corrected chi connectivity index (χ0v) is 12.2. The molecule has 0 bridgehead atoms. The third-order valence-corrected chi connectivity index (χ3v) is 3.17. The smallest absolute Gasteiger partial charge is 0.446 e. The van der Waals surface area contributed by atoms with Crippen molar-refractivity contribution in [3.63, 3.8) is 0 Å². The van der Waals surface area contributed by atoms with Gasteiger partial charge < -0.3 is 4.74 Å². The van der Waals surface area contributed by atoms with E-state index < -0.39 is 11.5 Å². The number of ether oxygens (including phenoxy) is 1. The van der Waals surface area contributed by atoms with Gasteiger partial charge in [0.2, 0.25) is 0 Å². The Bertz CT molecular complexity index is 483. The Labute approximate surface area is 124 Å². The Morgan fingerprint density at radius 3 is 2.29 bits per heavy atom. The van der Waals surface area contributed by atoms with Crippen LogP contribution in [0.1, 0.15) is 36.5 Å². The number of hydrogen-bond acceptors (Lipinski definition) is 4. The topological polar surface area (TPSA) is 43.4 Å². The van der Waals surface area contributed by atoms with Crippen LogP contribution in [0.2, 0.25) is 0 Å². The molecule has 0 radical (unpaired) electrons. The summed E-state index contributed by atoms with van der Waals surface area (Å²) in [5.74, 6) is -0.749. The number of halogens is 3. The molecule has 0 saturated heterocycles. The van der Waals surface area contributed by atoms with Crippen molar-refractivity contribution >= 4 is 23.5 Å². The average molecular weight is 320 g/mol. The highest BCUT2D eigenvalue weighted by Crippen LogP contribution is 2.36. The number of hydrogen-bond donors (Lipinski definition) is 0. The minimum absolute atomic E-state index is 0.0152. The van der Waals surface area contributed by atoms with Crippen LogP contribution in [-0.4, -0.2) is 23.9 Å². The second-order valence-corrected chi connectivity index (χ2v) is 5.35. The minimum atomic E-state index is -4.35. The van der Waals surface area contributed by atoms with Crippen LogP contribution in [-0.2, 0) is 9.53 Å². The molecule has 0 aliphatic rings. The van der Waals surface area contributed by atoms with E-state index in [2.05, 4.69) is 0 Å². The molecular weight excluding hydrogens is 305 g/mol. The molecule has 0 saturated carbocycles. The highest BCUT2D eigenvalue weighted by molar-refractivity contribution is 8.00. The van der Waals surface area contributed by atoms with Crippen LogP contribution in [0.25, 0.3) is 0 Å². The molecule has 0 atom stereocenters. The van der Waals surface area contributed by atoms with Gasteiger partial charge >= 0.3 is 11.5 Å². The fraction of sp³-hybridized carbons (Fsp3) is 0.429. The van der Waals surface area contributed by atoms with Crippen molar-refractivity contribution in [2.75, 3.05) is 6.61 Å². The van der Waals surface area contributed by atoms with Crippen molar-refractivity contribution < 1.29 is 27.5 Å². The molecule has 3 nitrogen and oxygen atoms in total. The van der Waals surface area contributed by atoms with Crippen LogP contribution in [0.15, 0.2) is 29.2 Å². The summed E-state index contributed by atoms with van der Waals surface area (Å²) >= 11 is -0.237. The molecule has 0 aliphatic heterocycles. The number of rotatable bonds is 7. The van der Waals surface area contributed by atoms with E-state index >= 15 is 0 Å². The van der Waals surface area contributed by atoms with Crippen molar-refractivity contribution in [3.8, 4) is 0 Å². The van der Waals surface area contributed by atoms with Gasteiger partial charge in [0, 0.05) is 16.9 Å². The van der Waals surface area contributed by atoms with Gasteiger partial charge in [-0.1, -0.05) is 19.1 Å². The fourth-order valence-corrected chi connectivity index (χ4v) is 2.03. The molecule has 0 unspecified atom stereocenters. The van der Waals surface area contributed by atoms with Gasteiger partial charge in [0.05, 0.1) is 13.0 Å². The van der Waals surface area contributed by atoms with Crippen LogP contribution in [0.3, 0.4) is 0 Å². The van der Waals surface area contributed by atoms with Gasteiger partial charge in [-0.3, -0.25) is 9.59 Å². The largest absolute Gasteiger partial charge is 0.466 e. The zero-order valence-electron chi connectivity index (χ0n) is 11.4. The maximum absolute atomic E-state index is 12.2. The first-order valence-corrected chi connectivity index (χ1v) is 7.18. The van der Waals surface area contributed by atoms with Crippen LogP contribution >= 0.6 is 11.8 Å². The molecule has 7 heteroatoms.